The Balaban J connectivity index is 1.90. The summed E-state index contributed by atoms with van der Waals surface area (Å²) in [6.07, 6.45) is 1.71. The van der Waals surface area contributed by atoms with Crippen LogP contribution in [0.5, 0.6) is 0 Å². The van der Waals surface area contributed by atoms with Crippen LogP contribution in [0, 0.1) is 13.8 Å². The van der Waals surface area contributed by atoms with Crippen LogP contribution in [0.4, 0.5) is 5.69 Å². The van der Waals surface area contributed by atoms with Crippen molar-refractivity contribution in [2.24, 2.45) is 0 Å². The van der Waals surface area contributed by atoms with Gasteiger partial charge >= 0.3 is 0 Å². The van der Waals surface area contributed by atoms with Gasteiger partial charge in [-0.3, -0.25) is 9.69 Å². The van der Waals surface area contributed by atoms with E-state index in [2.05, 4.69) is 0 Å². The fraction of sp³-hybridized carbons (Fsp3) is 0.105. The molecule has 2 aromatic rings. The van der Waals surface area contributed by atoms with Gasteiger partial charge in [-0.15, -0.1) is 0 Å². The number of aromatic carboxylic acids is 1. The largest absolute Gasteiger partial charge is 0.545 e. The smallest absolute Gasteiger partial charge is 0.270 e. The van der Waals surface area contributed by atoms with Gasteiger partial charge in [0.25, 0.3) is 5.91 Å². The van der Waals surface area contributed by atoms with Crippen LogP contribution in [0.25, 0.3) is 6.08 Å². The number of carbonyl (C=O) groups excluding carboxylic acids is 2. The number of nitrogens with zero attached hydrogens (tertiary/aromatic N) is 1. The molecule has 0 atom stereocenters. The zero-order valence-corrected chi connectivity index (χ0v) is 15.2. The average Bonchev–Trinajstić information content (AvgIpc) is 2.85. The number of aryl methyl sites for hydroxylation is 2. The summed E-state index contributed by atoms with van der Waals surface area (Å²) in [6.45, 7) is 4.00. The highest BCUT2D eigenvalue weighted by Crippen LogP contribution is 2.36. The molecule has 1 heterocycles. The number of hydrogen-bond donors (Lipinski definition) is 0. The van der Waals surface area contributed by atoms with E-state index in [-0.39, 0.29) is 11.5 Å². The molecule has 0 aromatic heterocycles. The number of carbonyl (C=O) groups is 2. The predicted octanol–water partition coefficient (Wildman–Crippen LogP) is 3.07. The third-order valence-corrected chi connectivity index (χ3v) is 5.29. The summed E-state index contributed by atoms with van der Waals surface area (Å²) in [5, 5.41) is 10.8. The zero-order chi connectivity index (χ0) is 18.1. The van der Waals surface area contributed by atoms with E-state index in [1.165, 1.54) is 28.8 Å². The third kappa shape index (κ3) is 3.50. The molecule has 2 aromatic carbocycles. The fourth-order valence-electron chi connectivity index (χ4n) is 2.42. The Morgan fingerprint density at radius 1 is 1.12 bits per heavy atom. The standard InChI is InChI=1S/C19H15NO3S2/c1-11-3-8-15(9-12(11)2)20-17(21)16(25-19(20)24)10-13-4-6-14(7-5-13)18(22)23/h3-10H,1-2H3,(H,22,23)/p-1/b16-10-. The minimum absolute atomic E-state index is 0.0971. The third-order valence-electron chi connectivity index (χ3n) is 3.99. The van der Waals surface area contributed by atoms with Crippen molar-refractivity contribution in [1.82, 2.24) is 0 Å². The predicted molar refractivity (Wildman–Crippen MR) is 102 cm³/mol. The van der Waals surface area contributed by atoms with Crippen LogP contribution in [-0.4, -0.2) is 16.2 Å². The number of hydrogen-bond acceptors (Lipinski definition) is 5. The molecule has 6 heteroatoms. The number of anilines is 1. The van der Waals surface area contributed by atoms with Crippen LogP contribution in [0.3, 0.4) is 0 Å². The highest BCUT2D eigenvalue weighted by molar-refractivity contribution is 8.27. The van der Waals surface area contributed by atoms with Crippen molar-refractivity contribution in [3.8, 4) is 0 Å². The van der Waals surface area contributed by atoms with E-state index in [1.807, 2.05) is 32.0 Å². The molecule has 0 radical (unpaired) electrons. The van der Waals surface area contributed by atoms with Crippen LogP contribution < -0.4 is 10.0 Å². The van der Waals surface area contributed by atoms with Crippen molar-refractivity contribution in [3.05, 3.63) is 69.6 Å². The van der Waals surface area contributed by atoms with Gasteiger partial charge < -0.3 is 9.90 Å². The quantitative estimate of drug-likeness (QED) is 0.615. The maximum atomic E-state index is 12.7. The fourth-order valence-corrected chi connectivity index (χ4v) is 3.72. The molecule has 25 heavy (non-hydrogen) atoms. The second kappa shape index (κ2) is 6.82. The van der Waals surface area contributed by atoms with Crippen LogP contribution >= 0.6 is 24.0 Å². The summed E-state index contributed by atoms with van der Waals surface area (Å²) in [5.74, 6) is -1.41. The summed E-state index contributed by atoms with van der Waals surface area (Å²) in [7, 11) is 0. The van der Waals surface area contributed by atoms with Crippen molar-refractivity contribution >= 4 is 51.9 Å². The second-order valence-electron chi connectivity index (χ2n) is 5.70. The molecule has 0 spiro atoms. The van der Waals surface area contributed by atoms with Crippen molar-refractivity contribution in [3.63, 3.8) is 0 Å². The van der Waals surface area contributed by atoms with Gasteiger partial charge in [-0.1, -0.05) is 54.3 Å². The van der Waals surface area contributed by atoms with Crippen LogP contribution in [0.1, 0.15) is 27.0 Å². The zero-order valence-electron chi connectivity index (χ0n) is 13.6. The van der Waals surface area contributed by atoms with E-state index in [4.69, 9.17) is 12.2 Å². The maximum Gasteiger partial charge on any atom is 0.270 e. The number of carboxylic acid groups (broad SMARTS) is 1. The Labute approximate surface area is 155 Å². The Hall–Kier alpha value is -2.44. The van der Waals surface area contributed by atoms with Gasteiger partial charge in [0.05, 0.1) is 16.6 Å². The van der Waals surface area contributed by atoms with Crippen molar-refractivity contribution in [2.45, 2.75) is 13.8 Å². The lowest BCUT2D eigenvalue weighted by Crippen LogP contribution is -2.27. The number of rotatable bonds is 3. The van der Waals surface area contributed by atoms with Crippen LogP contribution in [-0.2, 0) is 4.79 Å². The molecule has 0 saturated carbocycles. The van der Waals surface area contributed by atoms with E-state index in [1.54, 1.807) is 18.2 Å². The summed E-state index contributed by atoms with van der Waals surface area (Å²) in [4.78, 5) is 25.6. The van der Waals surface area contributed by atoms with Crippen molar-refractivity contribution in [1.29, 1.82) is 0 Å². The molecule has 126 valence electrons. The van der Waals surface area contributed by atoms with E-state index < -0.39 is 5.97 Å². The Bertz CT molecular complexity index is 917. The summed E-state index contributed by atoms with van der Waals surface area (Å²) in [5.41, 5.74) is 3.82. The lowest BCUT2D eigenvalue weighted by Gasteiger charge is -2.15. The topological polar surface area (TPSA) is 60.4 Å². The minimum atomic E-state index is -1.23. The molecule has 0 unspecified atom stereocenters. The van der Waals surface area contributed by atoms with Crippen molar-refractivity contribution < 1.29 is 14.7 Å². The number of benzene rings is 2. The normalized spacial score (nSPS) is 15.9. The first-order valence-electron chi connectivity index (χ1n) is 7.53. The summed E-state index contributed by atoms with van der Waals surface area (Å²) >= 11 is 6.60. The second-order valence-corrected chi connectivity index (χ2v) is 7.37. The molecule has 1 fully saturated rings. The molecule has 1 amide bonds. The molecule has 1 aliphatic rings. The van der Waals surface area contributed by atoms with Crippen LogP contribution in [0.15, 0.2) is 47.4 Å². The molecule has 1 saturated heterocycles. The molecule has 0 bridgehead atoms. The van der Waals surface area contributed by atoms with Crippen LogP contribution in [0.2, 0.25) is 0 Å². The molecule has 0 aliphatic carbocycles. The van der Waals surface area contributed by atoms with E-state index in [0.29, 0.717) is 9.23 Å². The highest BCUT2D eigenvalue weighted by Gasteiger charge is 2.33. The number of amides is 1. The van der Waals surface area contributed by atoms with Crippen molar-refractivity contribution in [2.75, 3.05) is 4.90 Å². The van der Waals surface area contributed by atoms with Gasteiger partial charge in [0, 0.05) is 0 Å². The van der Waals surface area contributed by atoms with Gasteiger partial charge in [-0.25, -0.2) is 0 Å². The van der Waals surface area contributed by atoms with Gasteiger partial charge in [0.1, 0.15) is 0 Å². The number of thioether (sulfide) groups is 1. The summed E-state index contributed by atoms with van der Waals surface area (Å²) in [6, 6.07) is 12.0. The summed E-state index contributed by atoms with van der Waals surface area (Å²) < 4.78 is 0.478. The van der Waals surface area contributed by atoms with Gasteiger partial charge in [-0.2, -0.15) is 0 Å². The van der Waals surface area contributed by atoms with E-state index >= 15 is 0 Å². The molecule has 4 nitrogen and oxygen atoms in total. The molecule has 1 aliphatic heterocycles. The molecule has 0 N–H and O–H groups in total. The van der Waals surface area contributed by atoms with E-state index in [0.717, 1.165) is 22.4 Å². The molecular formula is C19H14NO3S2-. The SMILES string of the molecule is Cc1ccc(N2C(=O)/C(=C/c3ccc(C(=O)[O-])cc3)SC2=S)cc1C. The number of carboxylic acids is 1. The molecule has 3 rings (SSSR count). The Morgan fingerprint density at radius 2 is 1.80 bits per heavy atom. The monoisotopic (exact) mass is 368 g/mol. The molecular weight excluding hydrogens is 354 g/mol. The lowest BCUT2D eigenvalue weighted by atomic mass is 10.1. The van der Waals surface area contributed by atoms with E-state index in [9.17, 15) is 14.7 Å². The lowest BCUT2D eigenvalue weighted by molar-refractivity contribution is -0.255. The number of thiocarbonyl (C=S) groups is 1. The van der Waals surface area contributed by atoms with Gasteiger partial charge in [0.2, 0.25) is 0 Å². The van der Waals surface area contributed by atoms with Gasteiger partial charge in [0.15, 0.2) is 4.32 Å². The Kier molecular flexibility index (Phi) is 4.74. The first-order valence-corrected chi connectivity index (χ1v) is 8.76. The minimum Gasteiger partial charge on any atom is -0.545 e. The maximum absolute atomic E-state index is 12.7. The first-order chi connectivity index (χ1) is 11.9. The Morgan fingerprint density at radius 3 is 2.40 bits per heavy atom. The average molecular weight is 368 g/mol. The van der Waals surface area contributed by atoms with Gasteiger partial charge in [-0.05, 0) is 54.3 Å². The first kappa shape index (κ1) is 17.4. The highest BCUT2D eigenvalue weighted by atomic mass is 32.2.